The fourth-order valence-corrected chi connectivity index (χ4v) is 3.51. The summed E-state index contributed by atoms with van der Waals surface area (Å²) in [7, 11) is 0. The maximum Gasteiger partial charge on any atom is 0.338 e. The van der Waals surface area contributed by atoms with Gasteiger partial charge in [0.25, 0.3) is 0 Å². The van der Waals surface area contributed by atoms with Crippen LogP contribution in [0.15, 0.2) is 33.9 Å². The first kappa shape index (κ1) is 20.0. The number of morpholine rings is 1. The van der Waals surface area contributed by atoms with Gasteiger partial charge in [0.15, 0.2) is 5.82 Å². The fraction of sp³-hybridized carbons (Fsp3) is 0.450. The van der Waals surface area contributed by atoms with Gasteiger partial charge in [0.05, 0.1) is 24.9 Å². The molecule has 3 amide bonds. The standard InChI is InChI=1S/C20H24N6O4/c1-12-4-6-15(7-5-12)18-16(25-8-9-29-11-17(25)27)10-26(23-18)20(28)21-13(2)19-22-14(3)24-30-19/h4-7,13,16H,8-11H2,1-3H3,(H,21,28)/t13-,16?/m1/s1. The van der Waals surface area contributed by atoms with Crippen molar-refractivity contribution in [3.63, 3.8) is 0 Å². The van der Waals surface area contributed by atoms with Gasteiger partial charge in [0.2, 0.25) is 11.8 Å². The van der Waals surface area contributed by atoms with Gasteiger partial charge in [-0.25, -0.2) is 9.80 Å². The van der Waals surface area contributed by atoms with Gasteiger partial charge in [-0.3, -0.25) is 4.79 Å². The molecule has 1 aromatic carbocycles. The van der Waals surface area contributed by atoms with E-state index in [-0.39, 0.29) is 25.1 Å². The zero-order valence-corrected chi connectivity index (χ0v) is 17.2. The molecule has 0 aliphatic carbocycles. The Hall–Kier alpha value is -3.27. The minimum atomic E-state index is -0.471. The number of nitrogens with zero attached hydrogens (tertiary/aromatic N) is 5. The number of aromatic nitrogens is 2. The first-order valence-corrected chi connectivity index (χ1v) is 9.83. The Labute approximate surface area is 173 Å². The Morgan fingerprint density at radius 1 is 1.27 bits per heavy atom. The molecule has 1 aromatic heterocycles. The second kappa shape index (κ2) is 8.23. The maximum absolute atomic E-state index is 12.9. The molecule has 3 heterocycles. The average Bonchev–Trinajstić information content (AvgIpc) is 3.36. The van der Waals surface area contributed by atoms with Gasteiger partial charge in [0.1, 0.15) is 12.6 Å². The number of hydrogen-bond acceptors (Lipinski definition) is 7. The Morgan fingerprint density at radius 2 is 2.03 bits per heavy atom. The van der Waals surface area contributed by atoms with Gasteiger partial charge >= 0.3 is 6.03 Å². The Kier molecular flexibility index (Phi) is 5.49. The number of amides is 3. The van der Waals surface area contributed by atoms with Crippen molar-refractivity contribution < 1.29 is 18.8 Å². The molecular formula is C20H24N6O4. The molecular weight excluding hydrogens is 388 g/mol. The molecule has 0 bridgehead atoms. The minimum Gasteiger partial charge on any atom is -0.370 e. The summed E-state index contributed by atoms with van der Waals surface area (Å²) in [6, 6.07) is 6.68. The zero-order valence-electron chi connectivity index (χ0n) is 17.2. The van der Waals surface area contributed by atoms with Crippen molar-refractivity contribution in [1.29, 1.82) is 0 Å². The first-order valence-electron chi connectivity index (χ1n) is 9.83. The van der Waals surface area contributed by atoms with Crippen molar-refractivity contribution in [3.8, 4) is 0 Å². The third-order valence-corrected chi connectivity index (χ3v) is 5.12. The fourth-order valence-electron chi connectivity index (χ4n) is 3.51. The van der Waals surface area contributed by atoms with E-state index >= 15 is 0 Å². The molecule has 1 N–H and O–H groups in total. The number of urea groups is 1. The summed E-state index contributed by atoms with van der Waals surface area (Å²) in [4.78, 5) is 31.2. The highest BCUT2D eigenvalue weighted by molar-refractivity contribution is 6.08. The zero-order chi connectivity index (χ0) is 21.3. The quantitative estimate of drug-likeness (QED) is 0.812. The summed E-state index contributed by atoms with van der Waals surface area (Å²) in [5.74, 6) is 0.712. The monoisotopic (exact) mass is 412 g/mol. The molecule has 158 valence electrons. The molecule has 2 aromatic rings. The molecule has 1 unspecified atom stereocenters. The van der Waals surface area contributed by atoms with Crippen molar-refractivity contribution in [2.24, 2.45) is 5.10 Å². The predicted molar refractivity (Wildman–Crippen MR) is 107 cm³/mol. The van der Waals surface area contributed by atoms with Crippen molar-refractivity contribution in [1.82, 2.24) is 25.4 Å². The molecule has 2 aliphatic heterocycles. The predicted octanol–water partition coefficient (Wildman–Crippen LogP) is 1.40. The van der Waals surface area contributed by atoms with Crippen LogP contribution in [0.25, 0.3) is 0 Å². The van der Waals surface area contributed by atoms with Crippen molar-refractivity contribution in [2.45, 2.75) is 32.9 Å². The van der Waals surface area contributed by atoms with E-state index < -0.39 is 12.1 Å². The van der Waals surface area contributed by atoms with Gasteiger partial charge in [-0.05, 0) is 26.3 Å². The van der Waals surface area contributed by atoms with Crippen LogP contribution in [-0.4, -0.2) is 70.0 Å². The van der Waals surface area contributed by atoms with Gasteiger partial charge in [0, 0.05) is 6.54 Å². The molecule has 30 heavy (non-hydrogen) atoms. The lowest BCUT2D eigenvalue weighted by molar-refractivity contribution is -0.143. The van der Waals surface area contributed by atoms with Crippen LogP contribution in [0.4, 0.5) is 4.79 Å². The third kappa shape index (κ3) is 4.04. The highest BCUT2D eigenvalue weighted by atomic mass is 16.5. The highest BCUT2D eigenvalue weighted by Crippen LogP contribution is 2.22. The van der Waals surface area contributed by atoms with Crippen molar-refractivity contribution >= 4 is 17.6 Å². The van der Waals surface area contributed by atoms with Crippen LogP contribution in [0.3, 0.4) is 0 Å². The summed E-state index contributed by atoms with van der Waals surface area (Å²) < 4.78 is 10.4. The molecule has 2 aliphatic rings. The van der Waals surface area contributed by atoms with Crippen LogP contribution >= 0.6 is 0 Å². The molecule has 10 nitrogen and oxygen atoms in total. The molecule has 10 heteroatoms. The van der Waals surface area contributed by atoms with Crippen LogP contribution in [0.5, 0.6) is 0 Å². The largest absolute Gasteiger partial charge is 0.370 e. The topological polar surface area (TPSA) is 113 Å². The van der Waals surface area contributed by atoms with Gasteiger partial charge in [-0.15, -0.1) is 0 Å². The molecule has 4 rings (SSSR count). The number of rotatable bonds is 4. The van der Waals surface area contributed by atoms with Crippen molar-refractivity contribution in [2.75, 3.05) is 26.3 Å². The summed E-state index contributed by atoms with van der Waals surface area (Å²) in [6.07, 6.45) is 0. The van der Waals surface area contributed by atoms with Gasteiger partial charge in [-0.1, -0.05) is 35.0 Å². The molecule has 1 saturated heterocycles. The van der Waals surface area contributed by atoms with E-state index in [0.29, 0.717) is 30.6 Å². The van der Waals surface area contributed by atoms with Crippen LogP contribution in [-0.2, 0) is 9.53 Å². The van der Waals surface area contributed by atoms with E-state index in [1.165, 1.54) is 5.01 Å². The second-order valence-corrected chi connectivity index (χ2v) is 7.44. The second-order valence-electron chi connectivity index (χ2n) is 7.44. The summed E-state index contributed by atoms with van der Waals surface area (Å²) in [5, 5.41) is 12.5. The normalized spacial score (nSPS) is 20.3. The lowest BCUT2D eigenvalue weighted by atomic mass is 10.0. The van der Waals surface area contributed by atoms with Crippen LogP contribution in [0, 0.1) is 13.8 Å². The lowest BCUT2D eigenvalue weighted by Crippen LogP contribution is -2.52. The number of nitrogens with one attached hydrogen (secondary N) is 1. The van der Waals surface area contributed by atoms with E-state index in [9.17, 15) is 9.59 Å². The van der Waals surface area contributed by atoms with Gasteiger partial charge < -0.3 is 19.5 Å². The summed E-state index contributed by atoms with van der Waals surface area (Å²) in [5.41, 5.74) is 2.68. The highest BCUT2D eigenvalue weighted by Gasteiger charge is 2.38. The molecule has 1 fully saturated rings. The SMILES string of the molecule is Cc1ccc(C2=NN(C(=O)N[C@H](C)c3nc(C)no3)CC2N2CCOCC2=O)cc1. The molecule has 0 radical (unpaired) electrons. The number of hydrogen-bond donors (Lipinski definition) is 1. The molecule has 0 saturated carbocycles. The third-order valence-electron chi connectivity index (χ3n) is 5.12. The van der Waals surface area contributed by atoms with Gasteiger partial charge in [-0.2, -0.15) is 10.1 Å². The Morgan fingerprint density at radius 3 is 2.70 bits per heavy atom. The van der Waals surface area contributed by atoms with E-state index in [1.54, 1.807) is 18.7 Å². The number of ether oxygens (including phenoxy) is 1. The maximum atomic E-state index is 12.9. The van der Waals surface area contributed by atoms with Crippen LogP contribution in [0.2, 0.25) is 0 Å². The van der Waals surface area contributed by atoms with E-state index in [0.717, 1.165) is 11.1 Å². The number of benzene rings is 1. The van der Waals surface area contributed by atoms with E-state index in [2.05, 4.69) is 20.6 Å². The van der Waals surface area contributed by atoms with E-state index in [1.807, 2.05) is 31.2 Å². The Balaban J connectivity index is 1.56. The number of carbonyl (C=O) groups excluding carboxylic acids is 2. The molecule has 2 atom stereocenters. The minimum absolute atomic E-state index is 0.0391. The van der Waals surface area contributed by atoms with Crippen molar-refractivity contribution in [3.05, 3.63) is 47.1 Å². The Bertz CT molecular complexity index is 970. The smallest absolute Gasteiger partial charge is 0.338 e. The summed E-state index contributed by atoms with van der Waals surface area (Å²) >= 11 is 0. The number of aryl methyl sites for hydroxylation is 2. The lowest BCUT2D eigenvalue weighted by Gasteiger charge is -2.32. The average molecular weight is 412 g/mol. The summed E-state index contributed by atoms with van der Waals surface area (Å²) in [6.45, 7) is 6.70. The molecule has 0 spiro atoms. The van der Waals surface area contributed by atoms with E-state index in [4.69, 9.17) is 9.26 Å². The van der Waals surface area contributed by atoms with Crippen LogP contribution in [0.1, 0.15) is 35.8 Å². The number of hydrazone groups is 1. The number of carbonyl (C=O) groups is 2. The first-order chi connectivity index (χ1) is 14.4. The van der Waals surface area contributed by atoms with Crippen LogP contribution < -0.4 is 5.32 Å².